The summed E-state index contributed by atoms with van der Waals surface area (Å²) in [5.74, 6) is 0.961. The second kappa shape index (κ2) is 2.55. The van der Waals surface area contributed by atoms with Gasteiger partial charge in [-0.05, 0) is 34.2 Å². The Balaban J connectivity index is 2.57. The second-order valence-corrected chi connectivity index (χ2v) is 3.74. The number of hydrogen-bond acceptors (Lipinski definition) is 2. The van der Waals surface area contributed by atoms with Crippen LogP contribution in [0.25, 0.3) is 0 Å². The quantitative estimate of drug-likeness (QED) is 0.571. The Morgan fingerprint density at radius 2 is 2.27 bits per heavy atom. The molecule has 0 radical (unpaired) electrons. The summed E-state index contributed by atoms with van der Waals surface area (Å²) < 4.78 is 6.47. The third-order valence-electron chi connectivity index (χ3n) is 1.81. The SMILES string of the molecule is Nc1cc2c(cc1I)CCO2. The summed E-state index contributed by atoms with van der Waals surface area (Å²) in [6, 6.07) is 4.00. The van der Waals surface area contributed by atoms with Crippen molar-refractivity contribution in [3.63, 3.8) is 0 Å². The average molecular weight is 261 g/mol. The van der Waals surface area contributed by atoms with E-state index in [0.29, 0.717) is 0 Å². The summed E-state index contributed by atoms with van der Waals surface area (Å²) in [6.07, 6.45) is 1.02. The van der Waals surface area contributed by atoms with E-state index in [-0.39, 0.29) is 0 Å². The van der Waals surface area contributed by atoms with Crippen molar-refractivity contribution in [2.24, 2.45) is 0 Å². The van der Waals surface area contributed by atoms with Crippen molar-refractivity contribution in [2.75, 3.05) is 12.3 Å². The van der Waals surface area contributed by atoms with Gasteiger partial charge in [0.1, 0.15) is 5.75 Å². The molecular weight excluding hydrogens is 253 g/mol. The van der Waals surface area contributed by atoms with Gasteiger partial charge in [0.15, 0.2) is 0 Å². The Labute approximate surface area is 78.9 Å². The molecule has 0 unspecified atom stereocenters. The minimum atomic E-state index is 0.800. The number of nitrogen functional groups attached to an aromatic ring is 1. The first-order chi connectivity index (χ1) is 5.27. The molecule has 0 atom stereocenters. The fraction of sp³-hybridized carbons (Fsp3) is 0.250. The van der Waals surface area contributed by atoms with Crippen LogP contribution in [0.15, 0.2) is 12.1 Å². The Morgan fingerprint density at radius 1 is 1.45 bits per heavy atom. The van der Waals surface area contributed by atoms with Gasteiger partial charge in [-0.3, -0.25) is 0 Å². The summed E-state index contributed by atoms with van der Waals surface area (Å²) in [6.45, 7) is 0.800. The molecule has 3 heteroatoms. The van der Waals surface area contributed by atoms with Crippen molar-refractivity contribution in [1.82, 2.24) is 0 Å². The van der Waals surface area contributed by atoms with Crippen LogP contribution in [-0.2, 0) is 6.42 Å². The highest BCUT2D eigenvalue weighted by Gasteiger charge is 2.13. The van der Waals surface area contributed by atoms with Crippen LogP contribution < -0.4 is 10.5 Å². The van der Waals surface area contributed by atoms with E-state index in [1.54, 1.807) is 0 Å². The molecule has 1 aromatic carbocycles. The molecule has 1 aromatic rings. The molecule has 0 aromatic heterocycles. The molecule has 0 bridgehead atoms. The Kier molecular flexibility index (Phi) is 1.67. The van der Waals surface area contributed by atoms with Crippen molar-refractivity contribution in [1.29, 1.82) is 0 Å². The number of halogens is 1. The largest absolute Gasteiger partial charge is 0.493 e. The predicted octanol–water partition coefficient (Wildman–Crippen LogP) is 1.81. The lowest BCUT2D eigenvalue weighted by atomic mass is 10.1. The molecule has 1 aliphatic heterocycles. The summed E-state index contributed by atoms with van der Waals surface area (Å²) in [5.41, 5.74) is 7.80. The molecule has 58 valence electrons. The highest BCUT2D eigenvalue weighted by Crippen LogP contribution is 2.30. The van der Waals surface area contributed by atoms with Crippen molar-refractivity contribution >= 4 is 28.3 Å². The molecule has 1 aliphatic rings. The lowest BCUT2D eigenvalue weighted by molar-refractivity contribution is 0.357. The van der Waals surface area contributed by atoms with Crippen molar-refractivity contribution in [3.8, 4) is 5.75 Å². The highest BCUT2D eigenvalue weighted by molar-refractivity contribution is 14.1. The van der Waals surface area contributed by atoms with E-state index >= 15 is 0 Å². The molecule has 0 saturated heterocycles. The molecule has 1 heterocycles. The van der Waals surface area contributed by atoms with E-state index in [1.165, 1.54) is 5.56 Å². The molecule has 2 rings (SSSR count). The Hall–Kier alpha value is -0.450. The molecule has 0 fully saturated rings. The van der Waals surface area contributed by atoms with Gasteiger partial charge in [0.2, 0.25) is 0 Å². The lowest BCUT2D eigenvalue weighted by Crippen LogP contribution is -1.90. The number of hydrogen-bond donors (Lipinski definition) is 1. The first kappa shape index (κ1) is 7.21. The summed E-state index contributed by atoms with van der Waals surface area (Å²) in [7, 11) is 0. The number of rotatable bonds is 0. The van der Waals surface area contributed by atoms with Crippen LogP contribution in [-0.4, -0.2) is 6.61 Å². The van der Waals surface area contributed by atoms with Crippen LogP contribution in [0.1, 0.15) is 5.56 Å². The number of fused-ring (bicyclic) bond motifs is 1. The van der Waals surface area contributed by atoms with Gasteiger partial charge in [-0.15, -0.1) is 0 Å². The van der Waals surface area contributed by atoms with Crippen molar-refractivity contribution in [3.05, 3.63) is 21.3 Å². The van der Waals surface area contributed by atoms with Gasteiger partial charge in [0, 0.05) is 21.7 Å². The van der Waals surface area contributed by atoms with Gasteiger partial charge < -0.3 is 10.5 Å². The van der Waals surface area contributed by atoms with Crippen molar-refractivity contribution in [2.45, 2.75) is 6.42 Å². The first-order valence-electron chi connectivity index (χ1n) is 3.48. The molecule has 11 heavy (non-hydrogen) atoms. The lowest BCUT2D eigenvalue weighted by Gasteiger charge is -2.01. The van der Waals surface area contributed by atoms with E-state index in [2.05, 4.69) is 28.7 Å². The third kappa shape index (κ3) is 1.17. The molecule has 0 spiro atoms. The number of ether oxygens (including phenoxy) is 1. The zero-order valence-electron chi connectivity index (χ0n) is 5.93. The zero-order valence-corrected chi connectivity index (χ0v) is 8.09. The molecule has 2 nitrogen and oxygen atoms in total. The summed E-state index contributed by atoms with van der Waals surface area (Å²) in [5, 5.41) is 0. The second-order valence-electron chi connectivity index (χ2n) is 2.58. The maximum atomic E-state index is 5.71. The van der Waals surface area contributed by atoms with Crippen LogP contribution in [0, 0.1) is 3.57 Å². The van der Waals surface area contributed by atoms with Gasteiger partial charge in [-0.25, -0.2) is 0 Å². The fourth-order valence-electron chi connectivity index (χ4n) is 1.21. The van der Waals surface area contributed by atoms with E-state index in [4.69, 9.17) is 10.5 Å². The van der Waals surface area contributed by atoms with Crippen LogP contribution in [0.5, 0.6) is 5.75 Å². The summed E-state index contributed by atoms with van der Waals surface area (Å²) >= 11 is 2.24. The van der Waals surface area contributed by atoms with Crippen LogP contribution in [0.3, 0.4) is 0 Å². The topological polar surface area (TPSA) is 35.2 Å². The van der Waals surface area contributed by atoms with Crippen LogP contribution in [0.4, 0.5) is 5.69 Å². The Morgan fingerprint density at radius 3 is 3.09 bits per heavy atom. The monoisotopic (exact) mass is 261 g/mol. The van der Waals surface area contributed by atoms with Crippen molar-refractivity contribution < 1.29 is 4.74 Å². The van der Waals surface area contributed by atoms with Gasteiger partial charge in [0.05, 0.1) is 6.61 Å². The fourth-order valence-corrected chi connectivity index (χ4v) is 1.74. The molecule has 2 N–H and O–H groups in total. The van der Waals surface area contributed by atoms with Gasteiger partial charge in [-0.2, -0.15) is 0 Å². The first-order valence-corrected chi connectivity index (χ1v) is 4.56. The number of anilines is 1. The number of benzene rings is 1. The van der Waals surface area contributed by atoms with Crippen LogP contribution in [0.2, 0.25) is 0 Å². The van der Waals surface area contributed by atoms with Crippen LogP contribution >= 0.6 is 22.6 Å². The predicted molar refractivity (Wildman–Crippen MR) is 52.8 cm³/mol. The smallest absolute Gasteiger partial charge is 0.124 e. The Bertz CT molecular complexity index is 269. The van der Waals surface area contributed by atoms with Gasteiger partial charge >= 0.3 is 0 Å². The normalized spacial score (nSPS) is 14.3. The van der Waals surface area contributed by atoms with E-state index < -0.39 is 0 Å². The molecule has 0 saturated carbocycles. The minimum Gasteiger partial charge on any atom is -0.493 e. The standard InChI is InChI=1S/C8H8INO/c9-6-3-5-1-2-11-8(5)4-7(6)10/h3-4H,1-2,10H2. The van der Waals surface area contributed by atoms with Gasteiger partial charge in [0.25, 0.3) is 0 Å². The number of nitrogens with two attached hydrogens (primary N) is 1. The molecule has 0 amide bonds. The van der Waals surface area contributed by atoms with E-state index in [0.717, 1.165) is 28.0 Å². The average Bonchev–Trinajstić information content (AvgIpc) is 2.36. The maximum Gasteiger partial charge on any atom is 0.124 e. The van der Waals surface area contributed by atoms with E-state index in [1.807, 2.05) is 6.07 Å². The summed E-state index contributed by atoms with van der Waals surface area (Å²) in [4.78, 5) is 0. The maximum absolute atomic E-state index is 5.71. The van der Waals surface area contributed by atoms with E-state index in [9.17, 15) is 0 Å². The third-order valence-corrected chi connectivity index (χ3v) is 2.74. The van der Waals surface area contributed by atoms with Gasteiger partial charge in [-0.1, -0.05) is 0 Å². The minimum absolute atomic E-state index is 0.800. The highest BCUT2D eigenvalue weighted by atomic mass is 127. The zero-order chi connectivity index (χ0) is 7.84. The molecule has 0 aliphatic carbocycles. The molecular formula is C8H8INO.